The molecule has 0 saturated carbocycles. The van der Waals surface area contributed by atoms with Gasteiger partial charge in [0.25, 0.3) is 0 Å². The number of furan rings is 1. The van der Waals surface area contributed by atoms with Crippen LogP contribution in [0.4, 0.5) is 0 Å². The van der Waals surface area contributed by atoms with E-state index in [1.807, 2.05) is 17.8 Å². The first-order valence-electron chi connectivity index (χ1n) is 8.01. The highest BCUT2D eigenvalue weighted by Gasteiger charge is 2.19. The number of aryl methyl sites for hydroxylation is 1. The molecule has 21 heavy (non-hydrogen) atoms. The largest absolute Gasteiger partial charge is 0.459 e. The van der Waals surface area contributed by atoms with Crippen LogP contribution < -0.4 is 5.32 Å². The maximum absolute atomic E-state index is 6.11. The van der Waals surface area contributed by atoms with Gasteiger partial charge < -0.3 is 9.73 Å². The number of rotatable bonds is 8. The molecule has 2 aromatic rings. The maximum atomic E-state index is 6.11. The molecule has 0 spiro atoms. The van der Waals surface area contributed by atoms with Crippen molar-refractivity contribution < 1.29 is 4.42 Å². The Kier molecular flexibility index (Phi) is 6.19. The number of hydrogen-bond donors (Lipinski definition) is 1. The van der Waals surface area contributed by atoms with Crippen LogP contribution in [-0.4, -0.2) is 17.5 Å². The van der Waals surface area contributed by atoms with E-state index < -0.39 is 0 Å². The van der Waals surface area contributed by atoms with Gasteiger partial charge in [-0.2, -0.15) is 11.8 Å². The molecule has 0 fully saturated rings. The van der Waals surface area contributed by atoms with Gasteiger partial charge in [-0.15, -0.1) is 0 Å². The van der Waals surface area contributed by atoms with Gasteiger partial charge in [0.15, 0.2) is 0 Å². The van der Waals surface area contributed by atoms with Crippen LogP contribution in [0.15, 0.2) is 28.7 Å². The number of benzene rings is 1. The van der Waals surface area contributed by atoms with Gasteiger partial charge in [0.2, 0.25) is 0 Å². The third-order valence-corrected chi connectivity index (χ3v) is 4.84. The molecule has 0 amide bonds. The molecule has 1 heterocycles. The minimum absolute atomic E-state index is 0.258. The minimum atomic E-state index is 0.258. The second kappa shape index (κ2) is 7.90. The lowest BCUT2D eigenvalue weighted by Gasteiger charge is -2.19. The number of fused-ring (bicyclic) bond motifs is 1. The van der Waals surface area contributed by atoms with Gasteiger partial charge in [0.05, 0.1) is 6.04 Å². The lowest BCUT2D eigenvalue weighted by atomic mass is 10.0. The Morgan fingerprint density at radius 3 is 2.67 bits per heavy atom. The summed E-state index contributed by atoms with van der Waals surface area (Å²) in [4.78, 5) is 0. The molecular formula is C18H27NOS. The number of para-hydroxylation sites is 1. The molecule has 116 valence electrons. The normalized spacial score (nSPS) is 14.5. The first kappa shape index (κ1) is 16.4. The summed E-state index contributed by atoms with van der Waals surface area (Å²) in [5.41, 5.74) is 2.35. The predicted molar refractivity (Wildman–Crippen MR) is 94.2 cm³/mol. The predicted octanol–water partition coefficient (Wildman–Crippen LogP) is 5.18. The summed E-state index contributed by atoms with van der Waals surface area (Å²) in [6.07, 6.45) is 2.21. The second-order valence-electron chi connectivity index (χ2n) is 5.57. The van der Waals surface area contributed by atoms with Gasteiger partial charge in [-0.25, -0.2) is 0 Å². The molecule has 0 aliphatic heterocycles. The molecule has 0 radical (unpaired) electrons. The van der Waals surface area contributed by atoms with Crippen LogP contribution in [0.2, 0.25) is 0 Å². The molecule has 2 rings (SSSR count). The van der Waals surface area contributed by atoms with Gasteiger partial charge in [-0.3, -0.25) is 0 Å². The van der Waals surface area contributed by atoms with E-state index in [-0.39, 0.29) is 6.04 Å². The molecule has 1 aromatic carbocycles. The summed E-state index contributed by atoms with van der Waals surface area (Å²) in [6, 6.07) is 9.12. The Labute approximate surface area is 132 Å². The standard InChI is InChI=1S/C18H27NOS/c1-5-15-16-9-7-8-10-17(16)20-18(15)14(4)19-13(3)11-12-21-6-2/h7-10,13-14,19H,5-6,11-12H2,1-4H3. The Bertz CT molecular complexity index is 563. The average Bonchev–Trinajstić information content (AvgIpc) is 2.86. The van der Waals surface area contributed by atoms with E-state index >= 15 is 0 Å². The van der Waals surface area contributed by atoms with Crippen molar-refractivity contribution in [3.05, 3.63) is 35.6 Å². The summed E-state index contributed by atoms with van der Waals surface area (Å²) in [7, 11) is 0. The fourth-order valence-electron chi connectivity index (χ4n) is 2.82. The van der Waals surface area contributed by atoms with Crippen LogP contribution in [-0.2, 0) is 6.42 Å². The zero-order valence-corrected chi connectivity index (χ0v) is 14.4. The molecule has 3 heteroatoms. The van der Waals surface area contributed by atoms with E-state index in [1.54, 1.807) is 0 Å². The molecule has 1 aromatic heterocycles. The molecule has 0 saturated heterocycles. The number of thioether (sulfide) groups is 1. The topological polar surface area (TPSA) is 25.2 Å². The van der Waals surface area contributed by atoms with E-state index in [4.69, 9.17) is 4.42 Å². The van der Waals surface area contributed by atoms with E-state index in [2.05, 4.69) is 51.2 Å². The smallest absolute Gasteiger partial charge is 0.134 e. The van der Waals surface area contributed by atoms with E-state index in [0.29, 0.717) is 6.04 Å². The van der Waals surface area contributed by atoms with Crippen LogP contribution in [0.25, 0.3) is 11.0 Å². The summed E-state index contributed by atoms with van der Waals surface area (Å²) in [6.45, 7) is 8.89. The van der Waals surface area contributed by atoms with E-state index in [9.17, 15) is 0 Å². The Morgan fingerprint density at radius 2 is 1.95 bits per heavy atom. The Balaban J connectivity index is 2.10. The van der Waals surface area contributed by atoms with Gasteiger partial charge in [0, 0.05) is 17.0 Å². The quantitative estimate of drug-likeness (QED) is 0.680. The SMILES string of the molecule is CCSCCC(C)NC(C)c1oc2ccccc2c1CC. The third-order valence-electron chi connectivity index (χ3n) is 3.91. The van der Waals surface area contributed by atoms with Crippen LogP contribution in [0.1, 0.15) is 51.5 Å². The number of nitrogens with one attached hydrogen (secondary N) is 1. The molecule has 2 nitrogen and oxygen atoms in total. The van der Waals surface area contributed by atoms with Gasteiger partial charge >= 0.3 is 0 Å². The monoisotopic (exact) mass is 305 g/mol. The second-order valence-corrected chi connectivity index (χ2v) is 6.96. The molecule has 0 bridgehead atoms. The van der Waals surface area contributed by atoms with Crippen molar-refractivity contribution >= 4 is 22.7 Å². The minimum Gasteiger partial charge on any atom is -0.459 e. The lowest BCUT2D eigenvalue weighted by molar-refractivity contribution is 0.404. The zero-order valence-electron chi connectivity index (χ0n) is 13.6. The summed E-state index contributed by atoms with van der Waals surface area (Å²) in [5.74, 6) is 3.53. The van der Waals surface area contributed by atoms with Crippen molar-refractivity contribution in [2.24, 2.45) is 0 Å². The zero-order chi connectivity index (χ0) is 15.2. The van der Waals surface area contributed by atoms with Crippen molar-refractivity contribution in [1.82, 2.24) is 5.32 Å². The van der Waals surface area contributed by atoms with Crippen molar-refractivity contribution in [2.75, 3.05) is 11.5 Å². The fraction of sp³-hybridized carbons (Fsp3) is 0.556. The first-order chi connectivity index (χ1) is 10.2. The highest BCUT2D eigenvalue weighted by molar-refractivity contribution is 7.99. The van der Waals surface area contributed by atoms with E-state index in [0.717, 1.165) is 17.8 Å². The summed E-state index contributed by atoms with van der Waals surface area (Å²) < 4.78 is 6.11. The van der Waals surface area contributed by atoms with Crippen LogP contribution in [0.5, 0.6) is 0 Å². The molecule has 1 N–H and O–H groups in total. The van der Waals surface area contributed by atoms with Crippen molar-refractivity contribution in [2.45, 2.75) is 52.6 Å². The van der Waals surface area contributed by atoms with Crippen LogP contribution in [0.3, 0.4) is 0 Å². The lowest BCUT2D eigenvalue weighted by Crippen LogP contribution is -2.29. The van der Waals surface area contributed by atoms with Gasteiger partial charge in [0.1, 0.15) is 11.3 Å². The van der Waals surface area contributed by atoms with Crippen LogP contribution in [0, 0.1) is 0 Å². The molecule has 2 atom stereocenters. The summed E-state index contributed by atoms with van der Waals surface area (Å²) in [5, 5.41) is 4.95. The Hall–Kier alpha value is -0.930. The maximum Gasteiger partial charge on any atom is 0.134 e. The van der Waals surface area contributed by atoms with Crippen molar-refractivity contribution in [1.29, 1.82) is 0 Å². The first-order valence-corrected chi connectivity index (χ1v) is 9.16. The molecule has 0 aliphatic carbocycles. The fourth-order valence-corrected chi connectivity index (χ4v) is 3.63. The van der Waals surface area contributed by atoms with Crippen LogP contribution >= 0.6 is 11.8 Å². The molecular weight excluding hydrogens is 278 g/mol. The highest BCUT2D eigenvalue weighted by atomic mass is 32.2. The highest BCUT2D eigenvalue weighted by Crippen LogP contribution is 2.30. The summed E-state index contributed by atoms with van der Waals surface area (Å²) >= 11 is 2.01. The van der Waals surface area contributed by atoms with Crippen molar-refractivity contribution in [3.63, 3.8) is 0 Å². The Morgan fingerprint density at radius 1 is 1.19 bits per heavy atom. The molecule has 2 unspecified atom stereocenters. The average molecular weight is 305 g/mol. The van der Waals surface area contributed by atoms with Crippen molar-refractivity contribution in [3.8, 4) is 0 Å². The molecule has 0 aliphatic rings. The third kappa shape index (κ3) is 4.04. The van der Waals surface area contributed by atoms with Gasteiger partial charge in [-0.05, 0) is 44.3 Å². The van der Waals surface area contributed by atoms with Gasteiger partial charge in [-0.1, -0.05) is 32.0 Å². The van der Waals surface area contributed by atoms with E-state index in [1.165, 1.54) is 28.9 Å². The number of hydrogen-bond acceptors (Lipinski definition) is 3.